The van der Waals surface area contributed by atoms with Gasteiger partial charge in [0.15, 0.2) is 5.16 Å². The zero-order valence-corrected chi connectivity index (χ0v) is 16.5. The Balaban J connectivity index is 1.49. The number of carbonyl (C=O) groups is 2. The number of hydrogen-bond donors (Lipinski definition) is 0. The van der Waals surface area contributed by atoms with Crippen LogP contribution >= 0.6 is 11.8 Å². The number of para-hydroxylation sites is 2. The van der Waals surface area contributed by atoms with Crippen LogP contribution in [0.5, 0.6) is 0 Å². The van der Waals surface area contributed by atoms with Crippen molar-refractivity contribution in [3.8, 4) is 0 Å². The van der Waals surface area contributed by atoms with Crippen LogP contribution in [0.25, 0.3) is 11.0 Å². The molecule has 150 valence electrons. The highest BCUT2D eigenvalue weighted by molar-refractivity contribution is 7.99. The van der Waals surface area contributed by atoms with Crippen molar-refractivity contribution in [2.24, 2.45) is 0 Å². The molecule has 2 saturated heterocycles. The molecule has 28 heavy (non-hydrogen) atoms. The van der Waals surface area contributed by atoms with E-state index in [4.69, 9.17) is 9.47 Å². The van der Waals surface area contributed by atoms with Gasteiger partial charge in [-0.1, -0.05) is 23.9 Å². The number of nitrogens with zero attached hydrogens (tertiary/aromatic N) is 4. The van der Waals surface area contributed by atoms with Crippen molar-refractivity contribution in [1.29, 1.82) is 0 Å². The lowest BCUT2D eigenvalue weighted by Gasteiger charge is -2.27. The van der Waals surface area contributed by atoms with E-state index in [9.17, 15) is 9.59 Å². The van der Waals surface area contributed by atoms with E-state index in [0.717, 1.165) is 11.0 Å². The summed E-state index contributed by atoms with van der Waals surface area (Å²) >= 11 is 1.39. The molecule has 2 fully saturated rings. The predicted molar refractivity (Wildman–Crippen MR) is 105 cm³/mol. The standard InChI is InChI=1S/C19H24N4O4S/c24-17(21-5-9-26-10-6-21)13-23-16-4-2-1-3-15(16)20-19(23)28-14-18(25)22-7-11-27-12-8-22/h1-4H,5-14H2. The molecule has 4 rings (SSSR count). The Hall–Kier alpha value is -2.10. The van der Waals surface area contributed by atoms with Crippen molar-refractivity contribution in [2.45, 2.75) is 11.7 Å². The van der Waals surface area contributed by atoms with Crippen LogP contribution in [0.2, 0.25) is 0 Å². The summed E-state index contributed by atoms with van der Waals surface area (Å²) in [6.45, 7) is 5.03. The molecular formula is C19H24N4O4S. The SMILES string of the molecule is O=C(CSc1nc2ccccc2n1CC(=O)N1CCOCC1)N1CCOCC1. The minimum Gasteiger partial charge on any atom is -0.378 e. The number of carbonyl (C=O) groups excluding carboxylic acids is 2. The first-order valence-corrected chi connectivity index (χ1v) is 10.5. The highest BCUT2D eigenvalue weighted by Gasteiger charge is 2.22. The number of thioether (sulfide) groups is 1. The van der Waals surface area contributed by atoms with E-state index in [1.807, 2.05) is 38.6 Å². The fraction of sp³-hybridized carbons (Fsp3) is 0.526. The fourth-order valence-electron chi connectivity index (χ4n) is 3.39. The molecule has 0 bridgehead atoms. The van der Waals surface area contributed by atoms with Crippen molar-refractivity contribution in [3.63, 3.8) is 0 Å². The Morgan fingerprint density at radius 1 is 0.929 bits per heavy atom. The van der Waals surface area contributed by atoms with Gasteiger partial charge in [0, 0.05) is 26.2 Å². The van der Waals surface area contributed by atoms with Gasteiger partial charge < -0.3 is 23.8 Å². The van der Waals surface area contributed by atoms with E-state index < -0.39 is 0 Å². The van der Waals surface area contributed by atoms with Crippen LogP contribution in [0.3, 0.4) is 0 Å². The van der Waals surface area contributed by atoms with Crippen LogP contribution in [0.1, 0.15) is 0 Å². The maximum Gasteiger partial charge on any atom is 0.242 e. The molecule has 0 saturated carbocycles. The second-order valence-corrected chi connectivity index (χ2v) is 7.69. The maximum atomic E-state index is 12.8. The van der Waals surface area contributed by atoms with Crippen molar-refractivity contribution >= 4 is 34.6 Å². The summed E-state index contributed by atoms with van der Waals surface area (Å²) in [4.78, 5) is 33.6. The van der Waals surface area contributed by atoms with Gasteiger partial charge in [-0.15, -0.1) is 0 Å². The Morgan fingerprint density at radius 2 is 1.54 bits per heavy atom. The highest BCUT2D eigenvalue weighted by atomic mass is 32.2. The molecule has 9 heteroatoms. The van der Waals surface area contributed by atoms with Crippen molar-refractivity contribution in [1.82, 2.24) is 19.4 Å². The van der Waals surface area contributed by atoms with Crippen LogP contribution in [0, 0.1) is 0 Å². The lowest BCUT2D eigenvalue weighted by molar-refractivity contribution is -0.136. The van der Waals surface area contributed by atoms with Gasteiger partial charge in [-0.05, 0) is 12.1 Å². The Bertz CT molecular complexity index is 844. The molecule has 2 aromatic rings. The first-order chi connectivity index (χ1) is 13.7. The largest absolute Gasteiger partial charge is 0.378 e. The van der Waals surface area contributed by atoms with Crippen LogP contribution in [0.15, 0.2) is 29.4 Å². The van der Waals surface area contributed by atoms with E-state index in [-0.39, 0.29) is 18.4 Å². The molecule has 0 aliphatic carbocycles. The number of ether oxygens (including phenoxy) is 2. The maximum absolute atomic E-state index is 12.8. The molecule has 2 aliphatic heterocycles. The smallest absolute Gasteiger partial charge is 0.242 e. The zero-order chi connectivity index (χ0) is 19.3. The quantitative estimate of drug-likeness (QED) is 0.688. The first-order valence-electron chi connectivity index (χ1n) is 9.51. The number of aromatic nitrogens is 2. The second-order valence-electron chi connectivity index (χ2n) is 6.74. The third kappa shape index (κ3) is 4.31. The van der Waals surface area contributed by atoms with Crippen molar-refractivity contribution in [3.05, 3.63) is 24.3 Å². The van der Waals surface area contributed by atoms with E-state index in [0.29, 0.717) is 63.5 Å². The van der Waals surface area contributed by atoms with Crippen LogP contribution in [0.4, 0.5) is 0 Å². The first kappa shape index (κ1) is 19.2. The highest BCUT2D eigenvalue weighted by Crippen LogP contribution is 2.25. The van der Waals surface area contributed by atoms with E-state index in [2.05, 4.69) is 4.98 Å². The molecule has 0 spiro atoms. The Labute approximate surface area is 167 Å². The number of benzene rings is 1. The topological polar surface area (TPSA) is 76.9 Å². The van der Waals surface area contributed by atoms with Gasteiger partial charge in [0.05, 0.1) is 43.2 Å². The van der Waals surface area contributed by atoms with Gasteiger partial charge in [-0.3, -0.25) is 9.59 Å². The number of hydrogen-bond acceptors (Lipinski definition) is 6. The molecule has 1 aromatic carbocycles. The zero-order valence-electron chi connectivity index (χ0n) is 15.7. The number of imidazole rings is 1. The minimum absolute atomic E-state index is 0.0489. The minimum atomic E-state index is 0.0489. The van der Waals surface area contributed by atoms with Crippen molar-refractivity contribution in [2.75, 3.05) is 58.4 Å². The van der Waals surface area contributed by atoms with Gasteiger partial charge in [0.1, 0.15) is 6.54 Å². The average Bonchev–Trinajstić information content (AvgIpc) is 3.10. The van der Waals surface area contributed by atoms with E-state index in [1.165, 1.54) is 11.8 Å². The molecule has 2 amide bonds. The van der Waals surface area contributed by atoms with Crippen LogP contribution in [-0.2, 0) is 25.6 Å². The Morgan fingerprint density at radius 3 is 2.21 bits per heavy atom. The number of rotatable bonds is 5. The van der Waals surface area contributed by atoms with Gasteiger partial charge in [0.2, 0.25) is 11.8 Å². The van der Waals surface area contributed by atoms with Gasteiger partial charge in [-0.25, -0.2) is 4.98 Å². The molecule has 3 heterocycles. The molecule has 8 nitrogen and oxygen atoms in total. The number of morpholine rings is 2. The monoisotopic (exact) mass is 404 g/mol. The fourth-order valence-corrected chi connectivity index (χ4v) is 4.31. The summed E-state index contributed by atoms with van der Waals surface area (Å²) in [6.07, 6.45) is 0. The summed E-state index contributed by atoms with van der Waals surface area (Å²) in [5.74, 6) is 0.425. The molecule has 0 unspecified atom stereocenters. The van der Waals surface area contributed by atoms with Crippen LogP contribution in [-0.4, -0.2) is 89.5 Å². The number of amides is 2. The lowest BCUT2D eigenvalue weighted by atomic mass is 10.3. The third-order valence-electron chi connectivity index (χ3n) is 4.97. The normalized spacial score (nSPS) is 17.9. The van der Waals surface area contributed by atoms with Gasteiger partial charge in [0.25, 0.3) is 0 Å². The summed E-state index contributed by atoms with van der Waals surface area (Å²) in [7, 11) is 0. The molecule has 0 radical (unpaired) electrons. The average molecular weight is 404 g/mol. The third-order valence-corrected chi connectivity index (χ3v) is 5.93. The summed E-state index contributed by atoms with van der Waals surface area (Å²) in [5, 5.41) is 0.699. The van der Waals surface area contributed by atoms with E-state index in [1.54, 1.807) is 0 Å². The second kappa shape index (κ2) is 8.93. The lowest BCUT2D eigenvalue weighted by Crippen LogP contribution is -2.42. The Kier molecular flexibility index (Phi) is 6.13. The molecular weight excluding hydrogens is 380 g/mol. The molecule has 0 N–H and O–H groups in total. The van der Waals surface area contributed by atoms with Crippen LogP contribution < -0.4 is 0 Å². The number of fused-ring (bicyclic) bond motifs is 1. The van der Waals surface area contributed by atoms with Crippen molar-refractivity contribution < 1.29 is 19.1 Å². The summed E-state index contributed by atoms with van der Waals surface area (Å²) in [6, 6.07) is 7.76. The molecule has 1 aromatic heterocycles. The molecule has 2 aliphatic rings. The summed E-state index contributed by atoms with van der Waals surface area (Å²) < 4.78 is 12.6. The summed E-state index contributed by atoms with van der Waals surface area (Å²) in [5.41, 5.74) is 1.74. The van der Waals surface area contributed by atoms with Gasteiger partial charge in [-0.2, -0.15) is 0 Å². The molecule has 0 atom stereocenters. The van der Waals surface area contributed by atoms with Gasteiger partial charge >= 0.3 is 0 Å². The predicted octanol–water partition coefficient (Wildman–Crippen LogP) is 0.846. The van der Waals surface area contributed by atoms with E-state index >= 15 is 0 Å².